The molecule has 2 aliphatic heterocycles. The normalized spacial score (nSPS) is 20.0. The first-order valence-corrected chi connectivity index (χ1v) is 12.6. The number of nitrogens with one attached hydrogen (secondary N) is 1. The van der Waals surface area contributed by atoms with Crippen LogP contribution in [0, 0.1) is 0 Å². The number of hydrogen-bond donors (Lipinski definition) is 1. The predicted molar refractivity (Wildman–Crippen MR) is 116 cm³/mol. The minimum atomic E-state index is -3.67. The minimum absolute atomic E-state index is 0.0795. The van der Waals surface area contributed by atoms with Crippen molar-refractivity contribution in [3.8, 4) is 0 Å². The van der Waals surface area contributed by atoms with Crippen LogP contribution in [0.5, 0.6) is 0 Å². The van der Waals surface area contributed by atoms with Crippen LogP contribution < -0.4 is 5.32 Å². The number of thiophene rings is 1. The summed E-state index contributed by atoms with van der Waals surface area (Å²) in [5, 5.41) is 4.69. The Balaban J connectivity index is 1.46. The molecule has 3 heterocycles. The second-order valence-electron chi connectivity index (χ2n) is 7.48. The number of rotatable bonds is 6. The van der Waals surface area contributed by atoms with Crippen molar-refractivity contribution in [1.29, 1.82) is 0 Å². The van der Waals surface area contributed by atoms with E-state index in [0.717, 1.165) is 6.42 Å². The van der Waals surface area contributed by atoms with Crippen LogP contribution in [0.1, 0.15) is 28.1 Å². The Bertz CT molecular complexity index is 1030. The van der Waals surface area contributed by atoms with Crippen molar-refractivity contribution in [1.82, 2.24) is 14.5 Å². The van der Waals surface area contributed by atoms with E-state index in [1.165, 1.54) is 15.6 Å². The van der Waals surface area contributed by atoms with E-state index in [-0.39, 0.29) is 23.3 Å². The van der Waals surface area contributed by atoms with Crippen LogP contribution in [0.2, 0.25) is 0 Å². The summed E-state index contributed by atoms with van der Waals surface area (Å²) < 4.78 is 32.8. The summed E-state index contributed by atoms with van der Waals surface area (Å²) in [4.78, 5) is 28.0. The topological polar surface area (TPSA) is 96.0 Å². The van der Waals surface area contributed by atoms with Gasteiger partial charge in [0.1, 0.15) is 6.04 Å². The number of benzene rings is 1. The van der Waals surface area contributed by atoms with Crippen molar-refractivity contribution in [3.05, 3.63) is 52.2 Å². The largest absolute Gasteiger partial charge is 0.379 e. The molecule has 2 aliphatic rings. The second-order valence-corrected chi connectivity index (χ2v) is 10.3. The van der Waals surface area contributed by atoms with Crippen LogP contribution in [-0.4, -0.2) is 68.3 Å². The number of carbonyl (C=O) groups is 2. The zero-order chi connectivity index (χ0) is 21.8. The lowest BCUT2D eigenvalue weighted by Crippen LogP contribution is -2.45. The number of amides is 2. The Morgan fingerprint density at radius 2 is 1.87 bits per heavy atom. The fourth-order valence-electron chi connectivity index (χ4n) is 3.95. The van der Waals surface area contributed by atoms with E-state index >= 15 is 0 Å². The van der Waals surface area contributed by atoms with Gasteiger partial charge < -0.3 is 15.0 Å². The molecule has 166 valence electrons. The van der Waals surface area contributed by atoms with E-state index in [1.807, 2.05) is 11.4 Å². The second kappa shape index (κ2) is 9.47. The van der Waals surface area contributed by atoms with Gasteiger partial charge in [-0.1, -0.05) is 24.3 Å². The maximum atomic E-state index is 13.1. The third kappa shape index (κ3) is 4.67. The summed E-state index contributed by atoms with van der Waals surface area (Å²) in [6.07, 6.45) is 1.36. The third-order valence-corrected chi connectivity index (χ3v) is 8.42. The van der Waals surface area contributed by atoms with Crippen molar-refractivity contribution in [2.45, 2.75) is 30.3 Å². The number of sulfonamides is 1. The van der Waals surface area contributed by atoms with E-state index in [9.17, 15) is 18.0 Å². The highest BCUT2D eigenvalue weighted by molar-refractivity contribution is 7.89. The van der Waals surface area contributed by atoms with Crippen molar-refractivity contribution in [2.75, 3.05) is 32.8 Å². The Labute approximate surface area is 185 Å². The van der Waals surface area contributed by atoms with E-state index in [1.54, 1.807) is 35.2 Å². The zero-order valence-corrected chi connectivity index (χ0v) is 18.7. The number of likely N-dealkylation sites (tertiary alicyclic amines) is 1. The standard InChI is InChI=1S/C21H25N3O5S2/c25-20(17-6-3-9-24(17)21(26)18-7-4-14-30-18)22-15-16-5-1-2-8-19(16)31(27,28)23-10-12-29-13-11-23/h1-2,4-5,7-8,14,17H,3,6,9-13,15H2,(H,22,25). The average Bonchev–Trinajstić information content (AvgIpc) is 3.50. The minimum Gasteiger partial charge on any atom is -0.379 e. The smallest absolute Gasteiger partial charge is 0.264 e. The lowest BCUT2D eigenvalue weighted by atomic mass is 10.2. The molecule has 0 aliphatic carbocycles. The molecule has 1 aromatic heterocycles. The van der Waals surface area contributed by atoms with Crippen molar-refractivity contribution >= 4 is 33.2 Å². The first-order valence-electron chi connectivity index (χ1n) is 10.3. The molecule has 0 bridgehead atoms. The summed E-state index contributed by atoms with van der Waals surface area (Å²) in [7, 11) is -3.67. The molecule has 1 unspecified atom stereocenters. The lowest BCUT2D eigenvalue weighted by molar-refractivity contribution is -0.125. The quantitative estimate of drug-likeness (QED) is 0.703. The number of ether oxygens (including phenoxy) is 1. The zero-order valence-electron chi connectivity index (χ0n) is 17.0. The van der Waals surface area contributed by atoms with Gasteiger partial charge in [0.2, 0.25) is 15.9 Å². The van der Waals surface area contributed by atoms with Gasteiger partial charge in [0, 0.05) is 26.2 Å². The number of carbonyl (C=O) groups excluding carboxylic acids is 2. The Kier molecular flexibility index (Phi) is 6.71. The molecule has 8 nitrogen and oxygen atoms in total. The lowest BCUT2D eigenvalue weighted by Gasteiger charge is -2.27. The molecule has 1 N–H and O–H groups in total. The molecule has 31 heavy (non-hydrogen) atoms. The van der Waals surface area contributed by atoms with Gasteiger partial charge in [0.25, 0.3) is 5.91 Å². The Morgan fingerprint density at radius 3 is 2.61 bits per heavy atom. The maximum absolute atomic E-state index is 13.1. The molecule has 10 heteroatoms. The van der Waals surface area contributed by atoms with Crippen LogP contribution in [0.15, 0.2) is 46.7 Å². The fraction of sp³-hybridized carbons (Fsp3) is 0.429. The third-order valence-electron chi connectivity index (χ3n) is 5.56. The molecule has 0 spiro atoms. The van der Waals surface area contributed by atoms with Crippen LogP contribution in [0.4, 0.5) is 0 Å². The molecule has 4 rings (SSSR count). The highest BCUT2D eigenvalue weighted by atomic mass is 32.2. The van der Waals surface area contributed by atoms with Crippen molar-refractivity contribution < 1.29 is 22.7 Å². The van der Waals surface area contributed by atoms with E-state index < -0.39 is 16.1 Å². The van der Waals surface area contributed by atoms with E-state index in [4.69, 9.17) is 4.74 Å². The van der Waals surface area contributed by atoms with E-state index in [2.05, 4.69) is 5.32 Å². The molecular formula is C21H25N3O5S2. The first-order chi connectivity index (χ1) is 15.0. The van der Waals surface area contributed by atoms with Crippen molar-refractivity contribution in [3.63, 3.8) is 0 Å². The Hall–Kier alpha value is -2.27. The summed E-state index contributed by atoms with van der Waals surface area (Å²) in [6.45, 7) is 1.98. The molecule has 1 atom stereocenters. The predicted octanol–water partition coefficient (Wildman–Crippen LogP) is 1.69. The number of nitrogens with zero attached hydrogens (tertiary/aromatic N) is 2. The van der Waals surface area contributed by atoms with Gasteiger partial charge in [-0.2, -0.15) is 4.31 Å². The van der Waals surface area contributed by atoms with Crippen molar-refractivity contribution in [2.24, 2.45) is 0 Å². The number of morpholine rings is 1. The summed E-state index contributed by atoms with van der Waals surface area (Å²) in [5.74, 6) is -0.399. The van der Waals surface area contributed by atoms with Gasteiger partial charge in [-0.25, -0.2) is 8.42 Å². The number of hydrogen-bond acceptors (Lipinski definition) is 6. The van der Waals surface area contributed by atoms with Gasteiger partial charge in [-0.3, -0.25) is 9.59 Å². The average molecular weight is 464 g/mol. The van der Waals surface area contributed by atoms with Gasteiger partial charge in [0.15, 0.2) is 0 Å². The van der Waals surface area contributed by atoms with Gasteiger partial charge in [-0.05, 0) is 35.9 Å². The maximum Gasteiger partial charge on any atom is 0.264 e. The van der Waals surface area contributed by atoms with Crippen LogP contribution in [-0.2, 0) is 26.1 Å². The summed E-state index contributed by atoms with van der Waals surface area (Å²) in [5.41, 5.74) is 0.525. The SMILES string of the molecule is O=C(NCc1ccccc1S(=O)(=O)N1CCOCC1)C1CCCN1C(=O)c1cccs1. The van der Waals surface area contributed by atoms with Crippen LogP contribution >= 0.6 is 11.3 Å². The fourth-order valence-corrected chi connectivity index (χ4v) is 6.26. The van der Waals surface area contributed by atoms with Gasteiger partial charge in [0.05, 0.1) is 23.0 Å². The van der Waals surface area contributed by atoms with Gasteiger partial charge in [-0.15, -0.1) is 11.3 Å². The molecule has 2 fully saturated rings. The van der Waals surface area contributed by atoms with Gasteiger partial charge >= 0.3 is 0 Å². The highest BCUT2D eigenvalue weighted by Crippen LogP contribution is 2.24. The molecule has 2 aromatic rings. The molecule has 0 saturated carbocycles. The molecule has 0 radical (unpaired) electrons. The summed E-state index contributed by atoms with van der Waals surface area (Å²) in [6, 6.07) is 9.73. The first kappa shape index (κ1) is 21.9. The highest BCUT2D eigenvalue weighted by Gasteiger charge is 2.35. The van der Waals surface area contributed by atoms with Crippen LogP contribution in [0.3, 0.4) is 0 Å². The monoisotopic (exact) mass is 463 g/mol. The summed E-state index contributed by atoms with van der Waals surface area (Å²) >= 11 is 1.36. The molecule has 2 amide bonds. The Morgan fingerprint density at radius 1 is 1.10 bits per heavy atom. The van der Waals surface area contributed by atoms with Crippen LogP contribution in [0.25, 0.3) is 0 Å². The van der Waals surface area contributed by atoms with E-state index in [0.29, 0.717) is 49.7 Å². The molecule has 1 aromatic carbocycles. The molecule has 2 saturated heterocycles. The molecular weight excluding hydrogens is 438 g/mol.